The lowest BCUT2D eigenvalue weighted by molar-refractivity contribution is -0.121. The summed E-state index contributed by atoms with van der Waals surface area (Å²) >= 11 is 0. The molecular weight excluding hydrogens is 398 g/mol. The Labute approximate surface area is 171 Å². The summed E-state index contributed by atoms with van der Waals surface area (Å²) < 4.78 is 15.9. The molecule has 0 radical (unpaired) electrons. The van der Waals surface area contributed by atoms with Crippen molar-refractivity contribution in [1.29, 1.82) is 0 Å². The minimum Gasteiger partial charge on any atom is -0.450 e. The van der Waals surface area contributed by atoms with E-state index in [1.165, 1.54) is 17.7 Å². The monoisotopic (exact) mass is 423 g/mol. The first-order valence-electron chi connectivity index (χ1n) is 9.32. The fourth-order valence-electron chi connectivity index (χ4n) is 2.66. The van der Waals surface area contributed by atoms with Crippen LogP contribution in [0.15, 0.2) is 20.2 Å². The van der Waals surface area contributed by atoms with Crippen LogP contribution in [-0.4, -0.2) is 53.5 Å². The zero-order valence-corrected chi connectivity index (χ0v) is 17.1. The maximum Gasteiger partial charge on any atom is 0.377 e. The van der Waals surface area contributed by atoms with E-state index in [4.69, 9.17) is 19.7 Å². The molecule has 0 aliphatic rings. The van der Waals surface area contributed by atoms with Crippen molar-refractivity contribution in [2.45, 2.75) is 33.2 Å². The molecule has 0 aliphatic heterocycles. The van der Waals surface area contributed by atoms with E-state index in [0.717, 1.165) is 11.3 Å². The van der Waals surface area contributed by atoms with E-state index in [1.807, 2.05) is 6.92 Å². The number of hydrogen-bond acceptors (Lipinski definition) is 9. The van der Waals surface area contributed by atoms with E-state index in [2.05, 4.69) is 10.1 Å². The molecule has 12 nitrogen and oxygen atoms in total. The van der Waals surface area contributed by atoms with Gasteiger partial charge in [-0.3, -0.25) is 24.0 Å². The molecule has 0 bridgehead atoms. The molecule has 2 rings (SSSR count). The number of esters is 1. The van der Waals surface area contributed by atoms with Crippen LogP contribution in [0.3, 0.4) is 0 Å². The molecule has 1 amide bonds. The summed E-state index contributed by atoms with van der Waals surface area (Å²) in [6.07, 6.45) is 1.44. The van der Waals surface area contributed by atoms with E-state index in [1.54, 1.807) is 6.92 Å². The fraction of sp³-hybridized carbons (Fsp3) is 0.500. The first-order chi connectivity index (χ1) is 14.3. The van der Waals surface area contributed by atoms with Crippen LogP contribution < -0.4 is 21.9 Å². The average molecular weight is 423 g/mol. The van der Waals surface area contributed by atoms with Crippen molar-refractivity contribution >= 4 is 23.4 Å². The van der Waals surface area contributed by atoms with Crippen LogP contribution in [0.25, 0.3) is 0 Å². The summed E-state index contributed by atoms with van der Waals surface area (Å²) in [5.74, 6) is -1.92. The van der Waals surface area contributed by atoms with Crippen LogP contribution in [0.2, 0.25) is 0 Å². The summed E-state index contributed by atoms with van der Waals surface area (Å²) in [6, 6.07) is 1.36. The third-order valence-corrected chi connectivity index (χ3v) is 4.20. The standard InChI is InChI=1S/C18H25N5O7/c1-4-5-6-23-15(19)14(16(25)20-18(23)27)22(7-8-28-3)13(24)10-29-17(26)12-9-11(2)21-30-12/h9H,4-8,10,19H2,1-3H3,(H,20,25,27). The molecule has 0 aromatic carbocycles. The summed E-state index contributed by atoms with van der Waals surface area (Å²) in [7, 11) is 1.42. The number of methoxy groups -OCH3 is 1. The number of aryl methyl sites for hydroxylation is 1. The number of nitrogen functional groups attached to an aromatic ring is 1. The maximum atomic E-state index is 12.8. The Morgan fingerprint density at radius 1 is 1.37 bits per heavy atom. The van der Waals surface area contributed by atoms with Crippen LogP contribution in [0, 0.1) is 6.92 Å². The van der Waals surface area contributed by atoms with Crippen molar-refractivity contribution in [2.24, 2.45) is 0 Å². The van der Waals surface area contributed by atoms with Crippen molar-refractivity contribution in [2.75, 3.05) is 37.5 Å². The summed E-state index contributed by atoms with van der Waals surface area (Å²) in [5.41, 5.74) is 4.84. The number of amides is 1. The van der Waals surface area contributed by atoms with Crippen molar-refractivity contribution in [3.63, 3.8) is 0 Å². The second-order valence-corrected chi connectivity index (χ2v) is 6.45. The van der Waals surface area contributed by atoms with Crippen molar-refractivity contribution in [3.8, 4) is 0 Å². The van der Waals surface area contributed by atoms with Gasteiger partial charge in [-0.2, -0.15) is 0 Å². The lowest BCUT2D eigenvalue weighted by atomic mass is 10.3. The molecule has 0 spiro atoms. The molecule has 0 saturated heterocycles. The fourth-order valence-corrected chi connectivity index (χ4v) is 2.66. The number of rotatable bonds is 10. The van der Waals surface area contributed by atoms with Crippen LogP contribution in [0.1, 0.15) is 36.0 Å². The number of ether oxygens (including phenoxy) is 2. The molecule has 2 aromatic heterocycles. The Bertz CT molecular complexity index is 1010. The number of nitrogens with two attached hydrogens (primary N) is 1. The first-order valence-corrected chi connectivity index (χ1v) is 9.32. The molecule has 0 aliphatic carbocycles. The number of anilines is 2. The average Bonchev–Trinajstić information content (AvgIpc) is 3.14. The van der Waals surface area contributed by atoms with Gasteiger partial charge in [-0.1, -0.05) is 18.5 Å². The second-order valence-electron chi connectivity index (χ2n) is 6.45. The molecule has 12 heteroatoms. The Morgan fingerprint density at radius 3 is 2.70 bits per heavy atom. The maximum absolute atomic E-state index is 12.8. The van der Waals surface area contributed by atoms with Gasteiger partial charge in [0.2, 0.25) is 5.76 Å². The van der Waals surface area contributed by atoms with Gasteiger partial charge in [-0.25, -0.2) is 9.59 Å². The molecule has 164 valence electrons. The summed E-state index contributed by atoms with van der Waals surface area (Å²) in [5, 5.41) is 3.57. The van der Waals surface area contributed by atoms with Crippen LogP contribution in [0.5, 0.6) is 0 Å². The summed E-state index contributed by atoms with van der Waals surface area (Å²) in [4.78, 5) is 52.5. The van der Waals surface area contributed by atoms with Crippen molar-refractivity contribution < 1.29 is 23.6 Å². The number of nitrogens with zero attached hydrogens (tertiary/aromatic N) is 3. The third kappa shape index (κ3) is 5.35. The molecule has 2 heterocycles. The Hall–Kier alpha value is -3.41. The van der Waals surface area contributed by atoms with Gasteiger partial charge in [0.1, 0.15) is 5.82 Å². The minimum absolute atomic E-state index is 0.0481. The number of aromatic amines is 1. The highest BCUT2D eigenvalue weighted by atomic mass is 16.6. The lowest BCUT2D eigenvalue weighted by Gasteiger charge is -2.24. The van der Waals surface area contributed by atoms with Gasteiger partial charge in [0.05, 0.1) is 12.3 Å². The number of aromatic nitrogens is 3. The van der Waals surface area contributed by atoms with Gasteiger partial charge in [-0.05, 0) is 13.3 Å². The lowest BCUT2D eigenvalue weighted by Crippen LogP contribution is -2.44. The topological polar surface area (TPSA) is 163 Å². The predicted octanol–water partition coefficient (Wildman–Crippen LogP) is 0.0517. The number of unbranched alkanes of at least 4 members (excludes halogenated alkanes) is 1. The van der Waals surface area contributed by atoms with Gasteiger partial charge in [0.25, 0.3) is 11.5 Å². The number of hydrogen-bond donors (Lipinski definition) is 2. The molecule has 0 saturated carbocycles. The second kappa shape index (κ2) is 10.4. The Balaban J connectivity index is 2.30. The zero-order chi connectivity index (χ0) is 22.3. The number of carbonyl (C=O) groups excluding carboxylic acids is 2. The van der Waals surface area contributed by atoms with Crippen molar-refractivity contribution in [3.05, 3.63) is 38.4 Å². The van der Waals surface area contributed by atoms with Gasteiger partial charge in [-0.15, -0.1) is 0 Å². The first kappa shape index (κ1) is 22.9. The minimum atomic E-state index is -0.884. The molecule has 2 aromatic rings. The van der Waals surface area contributed by atoms with Crippen LogP contribution >= 0.6 is 0 Å². The number of H-pyrrole nitrogens is 1. The molecule has 0 atom stereocenters. The van der Waals surface area contributed by atoms with E-state index in [-0.39, 0.29) is 37.0 Å². The Morgan fingerprint density at radius 2 is 2.10 bits per heavy atom. The number of carbonyl (C=O) groups is 2. The molecule has 0 unspecified atom stereocenters. The van der Waals surface area contributed by atoms with Gasteiger partial charge in [0, 0.05) is 26.3 Å². The largest absolute Gasteiger partial charge is 0.450 e. The summed E-state index contributed by atoms with van der Waals surface area (Å²) in [6.45, 7) is 3.18. The highest BCUT2D eigenvalue weighted by Crippen LogP contribution is 2.17. The third-order valence-electron chi connectivity index (χ3n) is 4.20. The number of nitrogens with one attached hydrogen (secondary N) is 1. The quantitative estimate of drug-likeness (QED) is 0.503. The van der Waals surface area contributed by atoms with Gasteiger partial charge < -0.3 is 19.7 Å². The molecule has 3 N–H and O–H groups in total. The SMILES string of the molecule is CCCCn1c(N)c(N(CCOC)C(=O)COC(=O)c2cc(C)no2)c(=O)[nH]c1=O. The normalized spacial score (nSPS) is 10.8. The van der Waals surface area contributed by atoms with E-state index in [9.17, 15) is 19.2 Å². The van der Waals surface area contributed by atoms with Crippen LogP contribution in [-0.2, 0) is 20.8 Å². The zero-order valence-electron chi connectivity index (χ0n) is 17.1. The highest BCUT2D eigenvalue weighted by molar-refractivity contribution is 5.98. The Kier molecular flexibility index (Phi) is 7.92. The smallest absolute Gasteiger partial charge is 0.377 e. The molecular formula is C18H25N5O7. The highest BCUT2D eigenvalue weighted by Gasteiger charge is 2.25. The van der Waals surface area contributed by atoms with Crippen molar-refractivity contribution in [1.82, 2.24) is 14.7 Å². The molecule has 30 heavy (non-hydrogen) atoms. The molecule has 0 fully saturated rings. The predicted molar refractivity (Wildman–Crippen MR) is 106 cm³/mol. The van der Waals surface area contributed by atoms with Crippen LogP contribution in [0.4, 0.5) is 11.5 Å². The van der Waals surface area contributed by atoms with E-state index >= 15 is 0 Å². The van der Waals surface area contributed by atoms with Gasteiger partial charge >= 0.3 is 11.7 Å². The van der Waals surface area contributed by atoms with E-state index in [0.29, 0.717) is 12.1 Å². The van der Waals surface area contributed by atoms with E-state index < -0.39 is 29.7 Å². The van der Waals surface area contributed by atoms with Gasteiger partial charge in [0.15, 0.2) is 12.3 Å².